The highest BCUT2D eigenvalue weighted by Crippen LogP contribution is 2.24. The van der Waals surface area contributed by atoms with Crippen LogP contribution in [0.25, 0.3) is 22.1 Å². The van der Waals surface area contributed by atoms with Crippen molar-refractivity contribution in [2.45, 2.75) is 6.54 Å². The summed E-state index contributed by atoms with van der Waals surface area (Å²) in [7, 11) is 0. The molecule has 0 aliphatic rings. The highest BCUT2D eigenvalue weighted by Gasteiger charge is 2.18. The van der Waals surface area contributed by atoms with Crippen molar-refractivity contribution in [3.05, 3.63) is 83.9 Å². The van der Waals surface area contributed by atoms with E-state index in [2.05, 4.69) is 11.6 Å². The molecule has 0 fully saturated rings. The van der Waals surface area contributed by atoms with Crippen LogP contribution in [0.4, 0.5) is 5.69 Å². The van der Waals surface area contributed by atoms with Crippen LogP contribution in [0, 0.1) is 0 Å². The van der Waals surface area contributed by atoms with Crippen molar-refractivity contribution in [1.29, 1.82) is 0 Å². The van der Waals surface area contributed by atoms with Gasteiger partial charge < -0.3 is 9.32 Å². The highest BCUT2D eigenvalue weighted by molar-refractivity contribution is 6.01. The van der Waals surface area contributed by atoms with Gasteiger partial charge in [0.1, 0.15) is 17.6 Å². The molecule has 0 aliphatic carbocycles. The molecule has 27 heavy (non-hydrogen) atoms. The summed E-state index contributed by atoms with van der Waals surface area (Å²) in [5.74, 6) is -0.236. The van der Waals surface area contributed by atoms with Gasteiger partial charge in [-0.2, -0.15) is 0 Å². The van der Waals surface area contributed by atoms with Crippen molar-refractivity contribution in [2.75, 3.05) is 11.4 Å². The SMILES string of the molecule is C=CCN(C(=O)Cn1cnc2c(oc3ccccc32)c1=O)c1ccccc1. The number of furan rings is 1. The summed E-state index contributed by atoms with van der Waals surface area (Å²) >= 11 is 0. The van der Waals surface area contributed by atoms with Gasteiger partial charge in [0.25, 0.3) is 5.56 Å². The Bertz CT molecular complexity index is 1190. The normalized spacial score (nSPS) is 11.0. The maximum absolute atomic E-state index is 12.8. The lowest BCUT2D eigenvalue weighted by atomic mass is 10.2. The third kappa shape index (κ3) is 3.01. The average Bonchev–Trinajstić information content (AvgIpc) is 3.08. The molecule has 0 saturated carbocycles. The van der Waals surface area contributed by atoms with Gasteiger partial charge >= 0.3 is 0 Å². The lowest BCUT2D eigenvalue weighted by Gasteiger charge is -2.21. The molecule has 2 aromatic carbocycles. The summed E-state index contributed by atoms with van der Waals surface area (Å²) in [5.41, 5.74) is 1.62. The molecule has 0 atom stereocenters. The summed E-state index contributed by atoms with van der Waals surface area (Å²) in [5, 5.41) is 0.778. The number of benzene rings is 2. The van der Waals surface area contributed by atoms with Gasteiger partial charge in [0.15, 0.2) is 0 Å². The van der Waals surface area contributed by atoms with Crippen LogP contribution in [0.15, 0.2) is 82.8 Å². The predicted molar refractivity (Wildman–Crippen MR) is 105 cm³/mol. The number of para-hydroxylation sites is 2. The zero-order valence-corrected chi connectivity index (χ0v) is 14.5. The Labute approximate surface area is 155 Å². The number of anilines is 1. The number of fused-ring (bicyclic) bond motifs is 3. The molecule has 0 N–H and O–H groups in total. The Morgan fingerprint density at radius 2 is 1.89 bits per heavy atom. The van der Waals surface area contributed by atoms with Gasteiger partial charge in [-0.25, -0.2) is 4.98 Å². The van der Waals surface area contributed by atoms with Crippen LogP contribution in [0.2, 0.25) is 0 Å². The Kier molecular flexibility index (Phi) is 4.30. The maximum atomic E-state index is 12.8. The maximum Gasteiger partial charge on any atom is 0.297 e. The van der Waals surface area contributed by atoms with Crippen molar-refractivity contribution < 1.29 is 9.21 Å². The molecule has 0 unspecified atom stereocenters. The van der Waals surface area contributed by atoms with E-state index in [4.69, 9.17) is 4.42 Å². The standard InChI is InChI=1S/C21H17N3O3/c1-2-12-24(15-8-4-3-5-9-15)18(25)13-23-14-22-19-16-10-6-7-11-17(16)27-20(19)21(23)26/h2-11,14H,1,12-13H2. The van der Waals surface area contributed by atoms with Gasteiger partial charge in [0.05, 0.1) is 6.33 Å². The van der Waals surface area contributed by atoms with E-state index in [9.17, 15) is 9.59 Å². The van der Waals surface area contributed by atoms with Crippen LogP contribution in [-0.2, 0) is 11.3 Å². The molecule has 2 heterocycles. The lowest BCUT2D eigenvalue weighted by molar-refractivity contribution is -0.119. The van der Waals surface area contributed by atoms with E-state index in [1.807, 2.05) is 48.5 Å². The smallest absolute Gasteiger partial charge is 0.297 e. The third-order valence-electron chi connectivity index (χ3n) is 4.34. The molecule has 0 aliphatic heterocycles. The van der Waals surface area contributed by atoms with E-state index in [0.717, 1.165) is 11.1 Å². The molecule has 0 spiro atoms. The third-order valence-corrected chi connectivity index (χ3v) is 4.34. The van der Waals surface area contributed by atoms with Gasteiger partial charge in [-0.1, -0.05) is 36.4 Å². The summed E-state index contributed by atoms with van der Waals surface area (Å²) < 4.78 is 6.93. The Morgan fingerprint density at radius 3 is 2.67 bits per heavy atom. The summed E-state index contributed by atoms with van der Waals surface area (Å²) in [6.45, 7) is 3.92. The Morgan fingerprint density at radius 1 is 1.15 bits per heavy atom. The number of carbonyl (C=O) groups excluding carboxylic acids is 1. The first kappa shape index (κ1) is 16.8. The minimum absolute atomic E-state index is 0.137. The molecule has 6 nitrogen and oxygen atoms in total. The van der Waals surface area contributed by atoms with E-state index in [1.54, 1.807) is 17.0 Å². The summed E-state index contributed by atoms with van der Waals surface area (Å²) in [6.07, 6.45) is 3.04. The van der Waals surface area contributed by atoms with Crippen molar-refractivity contribution >= 4 is 33.7 Å². The van der Waals surface area contributed by atoms with Gasteiger partial charge in [0, 0.05) is 17.6 Å². The lowest BCUT2D eigenvalue weighted by Crippen LogP contribution is -2.36. The van der Waals surface area contributed by atoms with Crippen LogP contribution in [0.1, 0.15) is 0 Å². The van der Waals surface area contributed by atoms with Crippen molar-refractivity contribution in [3.8, 4) is 0 Å². The first-order valence-corrected chi connectivity index (χ1v) is 8.52. The molecular formula is C21H17N3O3. The molecule has 0 radical (unpaired) electrons. The van der Waals surface area contributed by atoms with Gasteiger partial charge in [-0.05, 0) is 24.3 Å². The molecule has 0 saturated heterocycles. The zero-order valence-electron chi connectivity index (χ0n) is 14.5. The van der Waals surface area contributed by atoms with E-state index >= 15 is 0 Å². The minimum atomic E-state index is -0.379. The second kappa shape index (κ2) is 6.92. The summed E-state index contributed by atoms with van der Waals surface area (Å²) in [4.78, 5) is 31.5. The van der Waals surface area contributed by atoms with Crippen molar-refractivity contribution in [3.63, 3.8) is 0 Å². The largest absolute Gasteiger partial charge is 0.448 e. The van der Waals surface area contributed by atoms with Crippen LogP contribution >= 0.6 is 0 Å². The van der Waals surface area contributed by atoms with Crippen LogP contribution in [0.5, 0.6) is 0 Å². The Hall–Kier alpha value is -3.67. The monoisotopic (exact) mass is 359 g/mol. The number of aromatic nitrogens is 2. The fraction of sp³-hybridized carbons (Fsp3) is 0.0952. The number of rotatable bonds is 5. The van der Waals surface area contributed by atoms with Gasteiger partial charge in [-0.15, -0.1) is 6.58 Å². The number of carbonyl (C=O) groups is 1. The van der Waals surface area contributed by atoms with Crippen LogP contribution in [0.3, 0.4) is 0 Å². The molecule has 0 bridgehead atoms. The fourth-order valence-corrected chi connectivity index (χ4v) is 3.05. The topological polar surface area (TPSA) is 68.3 Å². The predicted octanol–water partition coefficient (Wildman–Crippen LogP) is 3.36. The number of amides is 1. The number of hydrogen-bond donors (Lipinski definition) is 0. The highest BCUT2D eigenvalue weighted by atomic mass is 16.3. The quantitative estimate of drug-likeness (QED) is 0.513. The average molecular weight is 359 g/mol. The molecule has 2 aromatic heterocycles. The number of nitrogens with zero attached hydrogens (tertiary/aromatic N) is 3. The molecule has 4 aromatic rings. The first-order valence-electron chi connectivity index (χ1n) is 8.52. The Balaban J connectivity index is 1.71. The zero-order chi connectivity index (χ0) is 18.8. The van der Waals surface area contributed by atoms with Gasteiger partial charge in [0.2, 0.25) is 11.5 Å². The van der Waals surface area contributed by atoms with Crippen molar-refractivity contribution in [1.82, 2.24) is 9.55 Å². The molecule has 6 heteroatoms. The van der Waals surface area contributed by atoms with Crippen molar-refractivity contribution in [2.24, 2.45) is 0 Å². The van der Waals surface area contributed by atoms with Crippen LogP contribution < -0.4 is 10.5 Å². The minimum Gasteiger partial charge on any atom is -0.448 e. The number of hydrogen-bond acceptors (Lipinski definition) is 4. The first-order chi connectivity index (χ1) is 13.2. The molecule has 134 valence electrons. The van der Waals surface area contributed by atoms with E-state index in [-0.39, 0.29) is 23.6 Å². The summed E-state index contributed by atoms with van der Waals surface area (Å²) in [6, 6.07) is 16.6. The molecular weight excluding hydrogens is 342 g/mol. The van der Waals surface area contributed by atoms with E-state index < -0.39 is 0 Å². The van der Waals surface area contributed by atoms with Gasteiger partial charge in [-0.3, -0.25) is 14.2 Å². The van der Waals surface area contributed by atoms with E-state index in [0.29, 0.717) is 17.6 Å². The second-order valence-electron chi connectivity index (χ2n) is 6.08. The molecule has 4 rings (SSSR count). The second-order valence-corrected chi connectivity index (χ2v) is 6.08. The fourth-order valence-electron chi connectivity index (χ4n) is 3.05. The van der Waals surface area contributed by atoms with E-state index in [1.165, 1.54) is 10.9 Å². The van der Waals surface area contributed by atoms with Crippen LogP contribution in [-0.4, -0.2) is 22.0 Å². The molecule has 1 amide bonds.